The number of hydrogen-bond acceptors (Lipinski definition) is 7. The van der Waals surface area contributed by atoms with Gasteiger partial charge in [0, 0.05) is 13.6 Å². The predicted molar refractivity (Wildman–Crippen MR) is 143 cm³/mol. The zero-order valence-electron chi connectivity index (χ0n) is 21.0. The van der Waals surface area contributed by atoms with Crippen molar-refractivity contribution in [3.63, 3.8) is 0 Å². The molecule has 12 heteroatoms. The van der Waals surface area contributed by atoms with Gasteiger partial charge in [-0.2, -0.15) is 0 Å². The van der Waals surface area contributed by atoms with Gasteiger partial charge in [0.05, 0.1) is 29.1 Å². The second-order valence-corrected chi connectivity index (χ2v) is 10.1. The van der Waals surface area contributed by atoms with Crippen molar-refractivity contribution in [1.82, 2.24) is 19.6 Å². The first kappa shape index (κ1) is 29.1. The molecule has 0 radical (unpaired) electrons. The van der Waals surface area contributed by atoms with Crippen LogP contribution in [-0.2, 0) is 17.1 Å². The number of guanidine groups is 1. The number of aryl methyl sites for hydroxylation is 2. The van der Waals surface area contributed by atoms with Crippen LogP contribution in [0.4, 0.5) is 0 Å². The van der Waals surface area contributed by atoms with Crippen LogP contribution in [0.15, 0.2) is 35.2 Å². The van der Waals surface area contributed by atoms with Crippen LogP contribution in [0, 0.1) is 26.2 Å². The standard InChI is InChI=1S/C24H32N6O4S.ClH/c1-14-13-20(34-5)15(2)16(3)22(14)35(32,33)29-24(26)27-12-8-9-17(25)21(31)23-28-18-10-6-7-11-19(18)30(23)4;/h6-7,10-11,13,17H,8-9,12,25H2,1-5H3,(H3,26,27,29);1H/t17-;/m0./s1. The van der Waals surface area contributed by atoms with E-state index >= 15 is 0 Å². The first-order chi connectivity index (χ1) is 16.5. The zero-order chi connectivity index (χ0) is 25.9. The number of Topliss-reactive ketones (excluding diaryl/α,β-unsaturated/α-hetero) is 1. The highest BCUT2D eigenvalue weighted by Crippen LogP contribution is 2.30. The zero-order valence-corrected chi connectivity index (χ0v) is 22.6. The fourth-order valence-electron chi connectivity index (χ4n) is 4.07. The first-order valence-electron chi connectivity index (χ1n) is 11.2. The molecule has 0 aliphatic heterocycles. The number of halogens is 1. The Kier molecular flexibility index (Phi) is 9.47. The van der Waals surface area contributed by atoms with Crippen molar-refractivity contribution in [2.45, 2.75) is 44.6 Å². The van der Waals surface area contributed by atoms with E-state index in [1.165, 1.54) is 7.11 Å². The summed E-state index contributed by atoms with van der Waals surface area (Å²) in [5, 5.41) is 10.8. The van der Waals surface area contributed by atoms with Gasteiger partial charge in [0.25, 0.3) is 10.0 Å². The van der Waals surface area contributed by atoms with Crippen molar-refractivity contribution in [3.8, 4) is 5.75 Å². The molecule has 0 saturated heterocycles. The molecule has 2 aromatic carbocycles. The Morgan fingerprint density at radius 2 is 1.89 bits per heavy atom. The first-order valence-corrected chi connectivity index (χ1v) is 12.7. The van der Waals surface area contributed by atoms with E-state index in [2.05, 4.69) is 15.0 Å². The summed E-state index contributed by atoms with van der Waals surface area (Å²) in [5.41, 5.74) is 9.48. The number of hydrogen-bond donors (Lipinski definition) is 4. The minimum absolute atomic E-state index is 0. The number of fused-ring (bicyclic) bond motifs is 1. The molecule has 36 heavy (non-hydrogen) atoms. The van der Waals surface area contributed by atoms with E-state index in [1.807, 2.05) is 24.3 Å². The average Bonchev–Trinajstić information content (AvgIpc) is 3.14. The number of ketones is 1. The SMILES string of the molecule is COc1cc(C)c(S(=O)(=O)NC(=N)NCCC[C@H](N)C(=O)c2nc3ccccc3n2C)c(C)c1C.Cl. The molecule has 1 aromatic heterocycles. The molecule has 1 atom stereocenters. The summed E-state index contributed by atoms with van der Waals surface area (Å²) in [6.07, 6.45) is 0.811. The van der Waals surface area contributed by atoms with Gasteiger partial charge in [-0.05, 0) is 68.5 Å². The lowest BCUT2D eigenvalue weighted by molar-refractivity contribution is 0.0943. The number of imidazole rings is 1. The summed E-state index contributed by atoms with van der Waals surface area (Å²) >= 11 is 0. The minimum atomic E-state index is -3.97. The Morgan fingerprint density at radius 1 is 1.22 bits per heavy atom. The number of nitrogens with two attached hydrogens (primary N) is 1. The second kappa shape index (κ2) is 11.7. The van der Waals surface area contributed by atoms with Crippen molar-refractivity contribution in [2.75, 3.05) is 13.7 Å². The second-order valence-electron chi connectivity index (χ2n) is 8.48. The summed E-state index contributed by atoms with van der Waals surface area (Å²) in [4.78, 5) is 17.3. The minimum Gasteiger partial charge on any atom is -0.496 e. The number of carbonyl (C=O) groups is 1. The average molecular weight is 537 g/mol. The van der Waals surface area contributed by atoms with Gasteiger partial charge < -0.3 is 20.4 Å². The summed E-state index contributed by atoms with van der Waals surface area (Å²) in [7, 11) is -0.663. The number of para-hydroxylation sites is 2. The molecule has 0 aliphatic rings. The molecule has 5 N–H and O–H groups in total. The lowest BCUT2D eigenvalue weighted by Crippen LogP contribution is -2.41. The van der Waals surface area contributed by atoms with Crippen LogP contribution in [0.25, 0.3) is 11.0 Å². The maximum atomic E-state index is 12.9. The maximum absolute atomic E-state index is 12.9. The van der Waals surface area contributed by atoms with Crippen LogP contribution in [0.1, 0.15) is 40.2 Å². The largest absolute Gasteiger partial charge is 0.496 e. The summed E-state index contributed by atoms with van der Waals surface area (Å²) in [5.74, 6) is 0.289. The van der Waals surface area contributed by atoms with Crippen LogP contribution in [0.5, 0.6) is 5.75 Å². The molecule has 0 saturated carbocycles. The number of nitrogens with one attached hydrogen (secondary N) is 3. The fraction of sp³-hybridized carbons (Fsp3) is 0.375. The van der Waals surface area contributed by atoms with Crippen molar-refractivity contribution in [3.05, 3.63) is 52.8 Å². The number of methoxy groups -OCH3 is 1. The molecule has 0 amide bonds. The topological polar surface area (TPSA) is 152 Å². The molecule has 196 valence electrons. The Morgan fingerprint density at radius 3 is 2.53 bits per heavy atom. The Bertz CT molecular complexity index is 1390. The number of sulfonamides is 1. The summed E-state index contributed by atoms with van der Waals surface area (Å²) in [6, 6.07) is 8.37. The molecule has 0 aliphatic carbocycles. The maximum Gasteiger partial charge on any atom is 0.264 e. The highest BCUT2D eigenvalue weighted by atomic mass is 35.5. The number of nitrogens with zero attached hydrogens (tertiary/aromatic N) is 2. The molecule has 0 unspecified atom stereocenters. The molecule has 1 heterocycles. The smallest absolute Gasteiger partial charge is 0.264 e. The van der Waals surface area contributed by atoms with E-state index in [-0.39, 0.29) is 35.6 Å². The van der Waals surface area contributed by atoms with Crippen LogP contribution in [0.3, 0.4) is 0 Å². The molecule has 0 spiro atoms. The van der Waals surface area contributed by atoms with Crippen LogP contribution >= 0.6 is 12.4 Å². The van der Waals surface area contributed by atoms with Gasteiger partial charge in [0.2, 0.25) is 11.7 Å². The van der Waals surface area contributed by atoms with Gasteiger partial charge in [-0.15, -0.1) is 12.4 Å². The fourth-order valence-corrected chi connectivity index (χ4v) is 5.55. The van der Waals surface area contributed by atoms with Gasteiger partial charge >= 0.3 is 0 Å². The van der Waals surface area contributed by atoms with Crippen molar-refractivity contribution in [2.24, 2.45) is 12.8 Å². The third-order valence-corrected chi connectivity index (χ3v) is 7.68. The molecule has 10 nitrogen and oxygen atoms in total. The van der Waals surface area contributed by atoms with Crippen LogP contribution < -0.4 is 20.5 Å². The van der Waals surface area contributed by atoms with Crippen molar-refractivity contribution < 1.29 is 17.9 Å². The molecular formula is C24H33ClN6O4S. The van der Waals surface area contributed by atoms with Gasteiger partial charge in [-0.1, -0.05) is 12.1 Å². The molecule has 0 bridgehead atoms. The number of aromatic nitrogens is 2. The number of rotatable bonds is 9. The van der Waals surface area contributed by atoms with E-state index in [9.17, 15) is 13.2 Å². The third-order valence-electron chi connectivity index (χ3n) is 6.04. The van der Waals surface area contributed by atoms with Gasteiger partial charge in [-0.25, -0.2) is 18.1 Å². The molecule has 3 aromatic rings. The normalized spacial score (nSPS) is 12.1. The van der Waals surface area contributed by atoms with E-state index in [0.29, 0.717) is 35.5 Å². The molecule has 0 fully saturated rings. The summed E-state index contributed by atoms with van der Waals surface area (Å²) < 4.78 is 35.1. The van der Waals surface area contributed by atoms with E-state index in [1.54, 1.807) is 38.5 Å². The number of benzene rings is 2. The highest BCUT2D eigenvalue weighted by Gasteiger charge is 2.24. The van der Waals surface area contributed by atoms with Crippen molar-refractivity contribution >= 4 is 45.2 Å². The van der Waals surface area contributed by atoms with Gasteiger partial charge in [-0.3, -0.25) is 10.2 Å². The lowest BCUT2D eigenvalue weighted by Gasteiger charge is -2.18. The van der Waals surface area contributed by atoms with E-state index in [4.69, 9.17) is 15.9 Å². The molecule has 3 rings (SSSR count). The number of carbonyl (C=O) groups excluding carboxylic acids is 1. The monoisotopic (exact) mass is 536 g/mol. The van der Waals surface area contributed by atoms with Gasteiger partial charge in [0.1, 0.15) is 5.75 Å². The van der Waals surface area contributed by atoms with E-state index < -0.39 is 16.1 Å². The Balaban J connectivity index is 0.00000456. The van der Waals surface area contributed by atoms with Crippen molar-refractivity contribution in [1.29, 1.82) is 5.41 Å². The number of ether oxygens (including phenoxy) is 1. The summed E-state index contributed by atoms with van der Waals surface area (Å²) in [6.45, 7) is 5.45. The Labute approximate surface area is 217 Å². The lowest BCUT2D eigenvalue weighted by atomic mass is 10.1. The van der Waals surface area contributed by atoms with E-state index in [0.717, 1.165) is 16.6 Å². The van der Waals surface area contributed by atoms with Gasteiger partial charge in [0.15, 0.2) is 5.82 Å². The molecular weight excluding hydrogens is 504 g/mol. The quantitative estimate of drug-likeness (QED) is 0.142. The van der Waals surface area contributed by atoms with Crippen LogP contribution in [-0.4, -0.2) is 49.4 Å². The highest BCUT2D eigenvalue weighted by molar-refractivity contribution is 7.90. The third kappa shape index (κ3) is 5.97. The van der Waals surface area contributed by atoms with Crippen LogP contribution in [0.2, 0.25) is 0 Å². The Hall–Kier alpha value is -3.15. The predicted octanol–water partition coefficient (Wildman–Crippen LogP) is 2.72.